The predicted octanol–water partition coefficient (Wildman–Crippen LogP) is 4.37. The lowest BCUT2D eigenvalue weighted by atomic mass is 10.1. The first-order valence-corrected chi connectivity index (χ1v) is 8.06. The Labute approximate surface area is 138 Å². The Bertz CT molecular complexity index is 839. The molecule has 0 fully saturated rings. The summed E-state index contributed by atoms with van der Waals surface area (Å²) in [5.74, 6) is 0. The highest BCUT2D eigenvalue weighted by atomic mass is 32.2. The minimum atomic E-state index is 0.746. The van der Waals surface area contributed by atoms with Gasteiger partial charge in [-0.3, -0.25) is 0 Å². The zero-order chi connectivity index (χ0) is 16.0. The zero-order valence-corrected chi connectivity index (χ0v) is 13.2. The molecular weight excluding hydrogens is 304 g/mol. The molecule has 0 aliphatic carbocycles. The van der Waals surface area contributed by atoms with E-state index in [1.807, 2.05) is 60.7 Å². The molecule has 0 amide bonds. The fourth-order valence-corrected chi connectivity index (χ4v) is 3.90. The maximum absolute atomic E-state index is 5.96. The van der Waals surface area contributed by atoms with Crippen molar-refractivity contribution < 1.29 is 0 Å². The number of nitrogens with two attached hydrogens (primary N) is 3. The molecule has 0 bridgehead atoms. The van der Waals surface area contributed by atoms with Crippen LogP contribution in [-0.2, 0) is 0 Å². The SMILES string of the molecule is Nc1ccc(N2c3ccc(N)cc3Sc3cc(N)ccc32)cc1. The molecule has 6 N–H and O–H groups in total. The summed E-state index contributed by atoms with van der Waals surface area (Å²) in [4.78, 5) is 4.43. The van der Waals surface area contributed by atoms with Crippen LogP contribution in [0.15, 0.2) is 70.5 Å². The van der Waals surface area contributed by atoms with Crippen LogP contribution >= 0.6 is 11.8 Å². The fraction of sp³-hybridized carbons (Fsp3) is 0. The van der Waals surface area contributed by atoms with Gasteiger partial charge in [-0.25, -0.2) is 0 Å². The maximum atomic E-state index is 5.96. The van der Waals surface area contributed by atoms with Crippen molar-refractivity contribution >= 4 is 45.9 Å². The zero-order valence-electron chi connectivity index (χ0n) is 12.4. The summed E-state index contributed by atoms with van der Waals surface area (Å²) in [7, 11) is 0. The van der Waals surface area contributed by atoms with Crippen LogP contribution in [0.2, 0.25) is 0 Å². The summed E-state index contributed by atoms with van der Waals surface area (Å²) in [6.07, 6.45) is 0. The van der Waals surface area contributed by atoms with Crippen LogP contribution in [0, 0.1) is 0 Å². The van der Waals surface area contributed by atoms with Crippen molar-refractivity contribution in [2.45, 2.75) is 9.79 Å². The van der Waals surface area contributed by atoms with Crippen molar-refractivity contribution in [2.24, 2.45) is 0 Å². The van der Waals surface area contributed by atoms with Gasteiger partial charge in [-0.15, -0.1) is 0 Å². The van der Waals surface area contributed by atoms with Gasteiger partial charge in [0, 0.05) is 32.5 Å². The highest BCUT2D eigenvalue weighted by Crippen LogP contribution is 2.52. The molecule has 0 atom stereocenters. The van der Waals surface area contributed by atoms with Gasteiger partial charge in [0.05, 0.1) is 11.4 Å². The molecule has 5 heteroatoms. The van der Waals surface area contributed by atoms with E-state index in [2.05, 4.69) is 4.90 Å². The Morgan fingerprint density at radius 1 is 0.609 bits per heavy atom. The van der Waals surface area contributed by atoms with Gasteiger partial charge in [0.15, 0.2) is 0 Å². The lowest BCUT2D eigenvalue weighted by Crippen LogP contribution is -2.15. The van der Waals surface area contributed by atoms with Crippen molar-refractivity contribution in [3.63, 3.8) is 0 Å². The molecule has 3 aromatic rings. The molecule has 0 radical (unpaired) electrons. The summed E-state index contributed by atoms with van der Waals surface area (Å²) in [5, 5.41) is 0. The van der Waals surface area contributed by atoms with Crippen LogP contribution in [0.4, 0.5) is 34.1 Å². The lowest BCUT2D eigenvalue weighted by Gasteiger charge is -2.33. The van der Waals surface area contributed by atoms with Gasteiger partial charge < -0.3 is 22.1 Å². The van der Waals surface area contributed by atoms with E-state index >= 15 is 0 Å². The van der Waals surface area contributed by atoms with Crippen molar-refractivity contribution in [1.82, 2.24) is 0 Å². The Morgan fingerprint density at radius 2 is 1.09 bits per heavy atom. The van der Waals surface area contributed by atoms with Crippen LogP contribution in [0.3, 0.4) is 0 Å². The summed E-state index contributed by atoms with van der Waals surface area (Å²) in [6.45, 7) is 0. The molecule has 1 aliphatic rings. The molecule has 0 saturated heterocycles. The van der Waals surface area contributed by atoms with Crippen LogP contribution in [0.25, 0.3) is 0 Å². The number of nitrogens with zero attached hydrogens (tertiary/aromatic N) is 1. The van der Waals surface area contributed by atoms with Gasteiger partial charge in [0.1, 0.15) is 0 Å². The monoisotopic (exact) mass is 320 g/mol. The third-order valence-corrected chi connectivity index (χ3v) is 4.91. The predicted molar refractivity (Wildman–Crippen MR) is 98.5 cm³/mol. The molecular formula is C18H16N4S. The first-order valence-electron chi connectivity index (χ1n) is 7.24. The van der Waals surface area contributed by atoms with E-state index < -0.39 is 0 Å². The van der Waals surface area contributed by atoms with Crippen molar-refractivity contribution in [3.8, 4) is 0 Å². The van der Waals surface area contributed by atoms with Gasteiger partial charge in [-0.05, 0) is 60.7 Å². The molecule has 1 heterocycles. The first-order chi connectivity index (χ1) is 11.1. The first kappa shape index (κ1) is 13.8. The van der Waals surface area contributed by atoms with Crippen molar-refractivity contribution in [1.29, 1.82) is 0 Å². The molecule has 4 rings (SSSR count). The molecule has 0 spiro atoms. The molecule has 3 aromatic carbocycles. The second-order valence-electron chi connectivity index (χ2n) is 5.48. The smallest absolute Gasteiger partial charge is 0.0603 e. The second-order valence-corrected chi connectivity index (χ2v) is 6.57. The molecule has 4 nitrogen and oxygen atoms in total. The summed E-state index contributed by atoms with van der Waals surface area (Å²) >= 11 is 1.69. The summed E-state index contributed by atoms with van der Waals surface area (Å²) < 4.78 is 0. The quantitative estimate of drug-likeness (QED) is 0.454. The minimum absolute atomic E-state index is 0.746. The van der Waals surface area contributed by atoms with E-state index in [1.54, 1.807) is 11.8 Å². The van der Waals surface area contributed by atoms with Gasteiger partial charge in [0.2, 0.25) is 0 Å². The van der Waals surface area contributed by atoms with Gasteiger partial charge >= 0.3 is 0 Å². The van der Waals surface area contributed by atoms with E-state index in [0.29, 0.717) is 0 Å². The van der Waals surface area contributed by atoms with Crippen LogP contribution in [0.5, 0.6) is 0 Å². The normalized spacial score (nSPS) is 12.6. The number of hydrogen-bond acceptors (Lipinski definition) is 5. The molecule has 1 aliphatic heterocycles. The molecule has 0 unspecified atom stereocenters. The maximum Gasteiger partial charge on any atom is 0.0603 e. The Balaban J connectivity index is 1.95. The largest absolute Gasteiger partial charge is 0.399 e. The minimum Gasteiger partial charge on any atom is -0.399 e. The molecule has 23 heavy (non-hydrogen) atoms. The molecule has 114 valence electrons. The van der Waals surface area contributed by atoms with Crippen molar-refractivity contribution in [2.75, 3.05) is 22.1 Å². The van der Waals surface area contributed by atoms with E-state index in [1.165, 1.54) is 0 Å². The fourth-order valence-electron chi connectivity index (χ4n) is 2.74. The Hall–Kier alpha value is -2.79. The topological polar surface area (TPSA) is 81.3 Å². The molecule has 0 saturated carbocycles. The summed E-state index contributed by atoms with van der Waals surface area (Å²) in [5.41, 5.74) is 23.3. The van der Waals surface area contributed by atoms with E-state index in [-0.39, 0.29) is 0 Å². The van der Waals surface area contributed by atoms with Gasteiger partial charge in [-0.2, -0.15) is 0 Å². The third kappa shape index (κ3) is 2.35. The second kappa shape index (κ2) is 5.14. The molecule has 0 aromatic heterocycles. The van der Waals surface area contributed by atoms with Gasteiger partial charge in [-0.1, -0.05) is 11.8 Å². The highest BCUT2D eigenvalue weighted by molar-refractivity contribution is 7.99. The van der Waals surface area contributed by atoms with Gasteiger partial charge in [0.25, 0.3) is 0 Å². The highest BCUT2D eigenvalue weighted by Gasteiger charge is 2.25. The Kier molecular flexibility index (Phi) is 3.09. The van der Waals surface area contributed by atoms with Crippen molar-refractivity contribution in [3.05, 3.63) is 60.7 Å². The third-order valence-electron chi connectivity index (χ3n) is 3.82. The van der Waals surface area contributed by atoms with Crippen LogP contribution in [0.1, 0.15) is 0 Å². The average molecular weight is 320 g/mol. The number of rotatable bonds is 1. The van der Waals surface area contributed by atoms with Crippen LogP contribution < -0.4 is 22.1 Å². The standard InChI is InChI=1S/C18H16N4S/c19-11-1-5-14(6-2-11)22-15-7-3-12(20)9-17(15)23-18-10-13(21)4-8-16(18)22/h1-10H,19-21H2. The van der Waals surface area contributed by atoms with E-state index in [9.17, 15) is 0 Å². The van der Waals surface area contributed by atoms with Crippen LogP contribution in [-0.4, -0.2) is 0 Å². The number of benzene rings is 3. The number of nitrogen functional groups attached to an aromatic ring is 3. The Morgan fingerprint density at radius 3 is 1.61 bits per heavy atom. The average Bonchev–Trinajstić information content (AvgIpc) is 2.53. The number of fused-ring (bicyclic) bond motifs is 2. The summed E-state index contributed by atoms with van der Waals surface area (Å²) in [6, 6.07) is 19.8. The van der Waals surface area contributed by atoms with E-state index in [4.69, 9.17) is 17.2 Å². The lowest BCUT2D eigenvalue weighted by molar-refractivity contribution is 1.17. The number of hydrogen-bond donors (Lipinski definition) is 3. The number of anilines is 6. The van der Waals surface area contributed by atoms with E-state index in [0.717, 1.165) is 43.9 Å².